The number of aromatic carboxylic acids is 1. The lowest BCUT2D eigenvalue weighted by Crippen LogP contribution is -2.15. The highest BCUT2D eigenvalue weighted by Gasteiger charge is 2.23. The molecule has 0 fully saturated rings. The van der Waals surface area contributed by atoms with Gasteiger partial charge in [-0.25, -0.2) is 13.6 Å². The topological polar surface area (TPSA) is 128 Å². The summed E-state index contributed by atoms with van der Waals surface area (Å²) >= 11 is 0. The van der Waals surface area contributed by atoms with Crippen LogP contribution in [0.15, 0.2) is 36.4 Å². The molecule has 0 aliphatic heterocycles. The van der Waals surface area contributed by atoms with E-state index in [9.17, 15) is 18.4 Å². The first-order valence-electron chi connectivity index (χ1n) is 13.4. The Morgan fingerprint density at radius 3 is 1.43 bits per heavy atom. The molecule has 0 aliphatic rings. The number of hydrogen-bond acceptors (Lipinski definition) is 10. The van der Waals surface area contributed by atoms with Gasteiger partial charge in [-0.15, -0.1) is 0 Å². The Morgan fingerprint density at radius 2 is 1.00 bits per heavy atom. The van der Waals surface area contributed by atoms with Crippen molar-refractivity contribution in [2.75, 3.05) is 99.6 Å². The maximum absolute atomic E-state index is 14.5. The van der Waals surface area contributed by atoms with Crippen LogP contribution in [-0.2, 0) is 33.2 Å². The predicted molar refractivity (Wildman–Crippen MR) is 145 cm³/mol. The minimum atomic E-state index is -1.35. The van der Waals surface area contributed by atoms with Gasteiger partial charge in [-0.1, -0.05) is 12.1 Å². The zero-order valence-electron chi connectivity index (χ0n) is 23.6. The number of carboxylic acid groups (broad SMARTS) is 1. The van der Waals surface area contributed by atoms with E-state index in [0.29, 0.717) is 72.7 Å². The van der Waals surface area contributed by atoms with E-state index in [-0.39, 0.29) is 36.7 Å². The molecule has 13 heteroatoms. The zero-order valence-corrected chi connectivity index (χ0v) is 23.6. The Morgan fingerprint density at radius 1 is 0.595 bits per heavy atom. The fourth-order valence-electron chi connectivity index (χ4n) is 3.33. The van der Waals surface area contributed by atoms with Gasteiger partial charge >= 0.3 is 5.97 Å². The summed E-state index contributed by atoms with van der Waals surface area (Å²) in [6.45, 7) is 5.38. The fourth-order valence-corrected chi connectivity index (χ4v) is 3.33. The second-order valence-corrected chi connectivity index (χ2v) is 8.46. The Hall–Kier alpha value is -3.04. The molecule has 2 aromatic rings. The van der Waals surface area contributed by atoms with Gasteiger partial charge in [0, 0.05) is 12.7 Å². The molecule has 42 heavy (non-hydrogen) atoms. The fraction of sp³-hybridized carbons (Fsp3) is 0.517. The van der Waals surface area contributed by atoms with Crippen LogP contribution in [0.1, 0.15) is 26.3 Å². The van der Waals surface area contributed by atoms with E-state index in [1.165, 1.54) is 24.3 Å². The van der Waals surface area contributed by atoms with Crippen LogP contribution in [0.4, 0.5) is 8.78 Å². The van der Waals surface area contributed by atoms with Gasteiger partial charge in [0.2, 0.25) is 0 Å². The van der Waals surface area contributed by atoms with Gasteiger partial charge in [-0.2, -0.15) is 0 Å². The summed E-state index contributed by atoms with van der Waals surface area (Å²) in [6.07, 6.45) is 0. The van der Waals surface area contributed by atoms with Crippen molar-refractivity contribution in [3.05, 3.63) is 64.7 Å². The van der Waals surface area contributed by atoms with Crippen LogP contribution >= 0.6 is 0 Å². The van der Waals surface area contributed by atoms with Gasteiger partial charge in [-0.05, 0) is 24.3 Å². The predicted octanol–water partition coefficient (Wildman–Crippen LogP) is 3.02. The van der Waals surface area contributed by atoms with Crippen molar-refractivity contribution in [2.24, 2.45) is 0 Å². The highest BCUT2D eigenvalue weighted by Crippen LogP contribution is 2.27. The largest absolute Gasteiger partial charge is 0.490 e. The van der Waals surface area contributed by atoms with Gasteiger partial charge in [0.25, 0.3) is 0 Å². The summed E-state index contributed by atoms with van der Waals surface area (Å²) < 4.78 is 71.0. The molecule has 0 bridgehead atoms. The Labute approximate surface area is 243 Å². The van der Waals surface area contributed by atoms with Gasteiger partial charge in [0.15, 0.2) is 17.4 Å². The highest BCUT2D eigenvalue weighted by atomic mass is 19.2. The SMILES string of the molecule is COCCOCCOCCOCCOCCOCCOCCOc1ccc(F)c(F)c1C(=O)c1ccc(C(=O)O)cc1. The van der Waals surface area contributed by atoms with Crippen molar-refractivity contribution >= 4 is 11.8 Å². The van der Waals surface area contributed by atoms with Gasteiger partial charge < -0.3 is 43.0 Å². The number of hydrogen-bond donors (Lipinski definition) is 1. The molecule has 0 saturated heterocycles. The minimum absolute atomic E-state index is 0.0135. The lowest BCUT2D eigenvalue weighted by atomic mass is 10.0. The Bertz CT molecular complexity index is 1050. The van der Waals surface area contributed by atoms with Gasteiger partial charge in [-0.3, -0.25) is 4.79 Å². The highest BCUT2D eigenvalue weighted by molar-refractivity contribution is 6.11. The molecule has 1 N–H and O–H groups in total. The third-order valence-electron chi connectivity index (χ3n) is 5.45. The second-order valence-electron chi connectivity index (χ2n) is 8.46. The molecule has 0 radical (unpaired) electrons. The zero-order chi connectivity index (χ0) is 30.4. The summed E-state index contributed by atoms with van der Waals surface area (Å²) in [6, 6.07) is 6.87. The number of halogens is 2. The number of carboxylic acids is 1. The van der Waals surface area contributed by atoms with Crippen molar-refractivity contribution in [3.8, 4) is 5.75 Å². The summed E-state index contributed by atoms with van der Waals surface area (Å²) in [4.78, 5) is 23.8. The quantitative estimate of drug-likeness (QED) is 0.133. The van der Waals surface area contributed by atoms with Gasteiger partial charge in [0.05, 0.1) is 91.5 Å². The van der Waals surface area contributed by atoms with E-state index in [0.717, 1.165) is 12.1 Å². The molecular weight excluding hydrogens is 562 g/mol. The summed E-state index contributed by atoms with van der Waals surface area (Å²) in [5.74, 6) is -4.74. The molecule has 234 valence electrons. The summed E-state index contributed by atoms with van der Waals surface area (Å²) in [5, 5.41) is 9.00. The number of rotatable bonds is 25. The summed E-state index contributed by atoms with van der Waals surface area (Å²) in [7, 11) is 1.62. The maximum atomic E-state index is 14.5. The molecule has 0 unspecified atom stereocenters. The smallest absolute Gasteiger partial charge is 0.335 e. The molecule has 0 amide bonds. The van der Waals surface area contributed by atoms with Crippen LogP contribution in [0, 0.1) is 11.6 Å². The van der Waals surface area contributed by atoms with Crippen molar-refractivity contribution in [2.45, 2.75) is 0 Å². The number of methoxy groups -OCH3 is 1. The van der Waals surface area contributed by atoms with Crippen molar-refractivity contribution in [3.63, 3.8) is 0 Å². The molecule has 0 atom stereocenters. The van der Waals surface area contributed by atoms with Crippen molar-refractivity contribution in [1.82, 2.24) is 0 Å². The minimum Gasteiger partial charge on any atom is -0.490 e. The maximum Gasteiger partial charge on any atom is 0.335 e. The first-order chi connectivity index (χ1) is 20.5. The number of benzene rings is 2. The Balaban J connectivity index is 1.52. The van der Waals surface area contributed by atoms with Crippen LogP contribution in [0.5, 0.6) is 5.75 Å². The van der Waals surface area contributed by atoms with E-state index in [2.05, 4.69) is 0 Å². The number of carbonyl (C=O) groups excluding carboxylic acids is 1. The van der Waals surface area contributed by atoms with Crippen LogP contribution in [0.3, 0.4) is 0 Å². The second kappa shape index (κ2) is 21.6. The van der Waals surface area contributed by atoms with E-state index in [1.54, 1.807) is 7.11 Å². The molecule has 2 aromatic carbocycles. The molecule has 2 rings (SSSR count). The van der Waals surface area contributed by atoms with Crippen molar-refractivity contribution < 1.29 is 61.4 Å². The van der Waals surface area contributed by atoms with Crippen molar-refractivity contribution in [1.29, 1.82) is 0 Å². The van der Waals surface area contributed by atoms with Crippen LogP contribution in [-0.4, -0.2) is 116 Å². The van der Waals surface area contributed by atoms with Crippen LogP contribution in [0.2, 0.25) is 0 Å². The molecule has 0 spiro atoms. The average Bonchev–Trinajstić information content (AvgIpc) is 2.99. The molecular formula is C29H38F2O11. The first kappa shape index (κ1) is 35.2. The van der Waals surface area contributed by atoms with E-state index < -0.39 is 29.0 Å². The number of ether oxygens (including phenoxy) is 8. The molecule has 0 saturated carbocycles. The first-order valence-corrected chi connectivity index (χ1v) is 13.4. The van der Waals surface area contributed by atoms with E-state index >= 15 is 0 Å². The van der Waals surface area contributed by atoms with Crippen LogP contribution in [0.25, 0.3) is 0 Å². The summed E-state index contributed by atoms with van der Waals surface area (Å²) in [5.41, 5.74) is -0.643. The van der Waals surface area contributed by atoms with E-state index in [1.807, 2.05) is 0 Å². The lowest BCUT2D eigenvalue weighted by molar-refractivity contribution is -0.0199. The average molecular weight is 601 g/mol. The third kappa shape index (κ3) is 13.7. The molecule has 0 aliphatic carbocycles. The van der Waals surface area contributed by atoms with E-state index in [4.69, 9.17) is 43.0 Å². The Kier molecular flexibility index (Phi) is 18.1. The normalized spacial score (nSPS) is 11.1. The number of carbonyl (C=O) groups is 2. The van der Waals surface area contributed by atoms with Crippen LogP contribution < -0.4 is 4.74 Å². The third-order valence-corrected chi connectivity index (χ3v) is 5.45. The molecule has 0 heterocycles. The van der Waals surface area contributed by atoms with Gasteiger partial charge in [0.1, 0.15) is 17.9 Å². The standard InChI is InChI=1S/C29H38F2O11/c1-35-8-9-36-10-11-37-12-13-38-14-15-39-16-17-40-18-19-41-20-21-42-25-7-6-24(30)27(31)26(25)28(32)22-2-4-23(5-3-22)29(33)34/h2-7H,8-21H2,1H3,(H,33,34). The molecule has 11 nitrogen and oxygen atoms in total. The monoisotopic (exact) mass is 600 g/mol. The number of ketones is 1. The lowest BCUT2D eigenvalue weighted by Gasteiger charge is -2.13. The molecule has 0 aromatic heterocycles.